The quantitative estimate of drug-likeness (QED) is 0.756. The molecule has 0 amide bonds. The van der Waals surface area contributed by atoms with Gasteiger partial charge in [-0.3, -0.25) is 4.79 Å². The van der Waals surface area contributed by atoms with E-state index in [1.165, 1.54) is 6.20 Å². The predicted octanol–water partition coefficient (Wildman–Crippen LogP) is 0.486. The number of halogens is 1. The minimum absolute atomic E-state index is 0.297. The Kier molecular flexibility index (Phi) is 3.80. The van der Waals surface area contributed by atoms with Crippen molar-refractivity contribution in [2.75, 3.05) is 25.1 Å². The van der Waals surface area contributed by atoms with Gasteiger partial charge in [-0.2, -0.15) is 5.10 Å². The first kappa shape index (κ1) is 12.5. The summed E-state index contributed by atoms with van der Waals surface area (Å²) < 4.78 is 5.59. The summed E-state index contributed by atoms with van der Waals surface area (Å²) in [6.07, 6.45) is 2.69. The van der Waals surface area contributed by atoms with E-state index in [4.69, 9.17) is 4.74 Å². The molecule has 0 aromatic carbocycles. The van der Waals surface area contributed by atoms with Crippen LogP contribution in [-0.2, 0) is 4.74 Å². The zero-order valence-electron chi connectivity index (χ0n) is 9.20. The Hall–Kier alpha value is -0.920. The summed E-state index contributed by atoms with van der Waals surface area (Å²) in [4.78, 5) is 11.3. The summed E-state index contributed by atoms with van der Waals surface area (Å²) in [5.41, 5.74) is -0.497. The van der Waals surface area contributed by atoms with Crippen LogP contribution < -0.4 is 10.9 Å². The van der Waals surface area contributed by atoms with Gasteiger partial charge >= 0.3 is 0 Å². The summed E-state index contributed by atoms with van der Waals surface area (Å²) in [7, 11) is 0. The minimum atomic E-state index is -0.777. The number of anilines is 1. The van der Waals surface area contributed by atoms with E-state index in [0.717, 1.165) is 0 Å². The molecule has 1 saturated heterocycles. The second kappa shape index (κ2) is 5.16. The zero-order chi connectivity index (χ0) is 12.3. The number of hydrogen-bond donors (Lipinski definition) is 3. The van der Waals surface area contributed by atoms with Crippen molar-refractivity contribution in [1.82, 2.24) is 10.2 Å². The average molecular weight is 304 g/mol. The molecular formula is C10H14BrN3O3. The molecule has 7 heteroatoms. The second-order valence-electron chi connectivity index (χ2n) is 4.12. The number of aromatic amines is 1. The smallest absolute Gasteiger partial charge is 0.280 e. The first-order chi connectivity index (χ1) is 8.11. The van der Waals surface area contributed by atoms with Gasteiger partial charge in [0.15, 0.2) is 0 Å². The van der Waals surface area contributed by atoms with Gasteiger partial charge in [-0.1, -0.05) is 0 Å². The third-order valence-electron chi connectivity index (χ3n) is 2.83. The van der Waals surface area contributed by atoms with E-state index in [-0.39, 0.29) is 5.56 Å². The fraction of sp³-hybridized carbons (Fsp3) is 0.600. The first-order valence-corrected chi connectivity index (χ1v) is 6.17. The average Bonchev–Trinajstić information content (AvgIpc) is 2.32. The van der Waals surface area contributed by atoms with Gasteiger partial charge in [0.05, 0.1) is 17.5 Å². The third-order valence-corrected chi connectivity index (χ3v) is 3.61. The van der Waals surface area contributed by atoms with Gasteiger partial charge in [0.2, 0.25) is 0 Å². The van der Waals surface area contributed by atoms with Crippen molar-refractivity contribution in [3.63, 3.8) is 0 Å². The maximum Gasteiger partial charge on any atom is 0.280 e. The normalized spacial score (nSPS) is 18.9. The van der Waals surface area contributed by atoms with Crippen LogP contribution in [-0.4, -0.2) is 40.7 Å². The highest BCUT2D eigenvalue weighted by Crippen LogP contribution is 2.22. The molecule has 3 N–H and O–H groups in total. The Morgan fingerprint density at radius 3 is 3.00 bits per heavy atom. The molecule has 0 aliphatic carbocycles. The van der Waals surface area contributed by atoms with Crippen molar-refractivity contribution in [3.05, 3.63) is 21.0 Å². The summed E-state index contributed by atoms with van der Waals surface area (Å²) in [6, 6.07) is 0. The number of ether oxygens (including phenoxy) is 1. The van der Waals surface area contributed by atoms with Crippen LogP contribution in [0.25, 0.3) is 0 Å². The van der Waals surface area contributed by atoms with Crippen molar-refractivity contribution in [3.8, 4) is 0 Å². The molecule has 1 aliphatic rings. The maximum absolute atomic E-state index is 11.3. The van der Waals surface area contributed by atoms with E-state index < -0.39 is 5.60 Å². The van der Waals surface area contributed by atoms with Crippen LogP contribution in [0.15, 0.2) is 15.5 Å². The topological polar surface area (TPSA) is 87.2 Å². The standard InChI is InChI=1S/C10H14BrN3O3/c11-8-7(5-13-14-9(8)15)12-6-10(16)1-3-17-4-2-10/h5,16H,1-4,6H2,(H2,12,14,15). The predicted molar refractivity (Wildman–Crippen MR) is 66.1 cm³/mol. The summed E-state index contributed by atoms with van der Waals surface area (Å²) in [5.74, 6) is 0. The van der Waals surface area contributed by atoms with Crippen molar-refractivity contribution in [2.45, 2.75) is 18.4 Å². The van der Waals surface area contributed by atoms with Crippen LogP contribution in [0.2, 0.25) is 0 Å². The monoisotopic (exact) mass is 303 g/mol. The Bertz CT molecular complexity index is 443. The maximum atomic E-state index is 11.3. The first-order valence-electron chi connectivity index (χ1n) is 5.38. The molecule has 0 saturated carbocycles. The van der Waals surface area contributed by atoms with Crippen molar-refractivity contribution in [2.24, 2.45) is 0 Å². The van der Waals surface area contributed by atoms with Crippen molar-refractivity contribution >= 4 is 21.6 Å². The lowest BCUT2D eigenvalue weighted by Gasteiger charge is -2.32. The largest absolute Gasteiger partial charge is 0.388 e. The Morgan fingerprint density at radius 1 is 1.59 bits per heavy atom. The van der Waals surface area contributed by atoms with Crippen LogP contribution in [0, 0.1) is 0 Å². The summed E-state index contributed by atoms with van der Waals surface area (Å²) >= 11 is 3.17. The molecule has 2 heterocycles. The molecule has 1 fully saturated rings. The number of aliphatic hydroxyl groups is 1. The Balaban J connectivity index is 2.02. The highest BCUT2D eigenvalue weighted by molar-refractivity contribution is 9.10. The molecule has 6 nitrogen and oxygen atoms in total. The lowest BCUT2D eigenvalue weighted by molar-refractivity contribution is -0.0543. The summed E-state index contributed by atoms with van der Waals surface area (Å²) in [6.45, 7) is 1.50. The van der Waals surface area contributed by atoms with Gasteiger partial charge in [0.1, 0.15) is 4.47 Å². The van der Waals surface area contributed by atoms with Crippen molar-refractivity contribution < 1.29 is 9.84 Å². The number of H-pyrrole nitrogens is 1. The van der Waals surface area contributed by atoms with E-state index in [0.29, 0.717) is 42.8 Å². The van der Waals surface area contributed by atoms with E-state index in [1.54, 1.807) is 0 Å². The second-order valence-corrected chi connectivity index (χ2v) is 4.91. The van der Waals surface area contributed by atoms with Gasteiger partial charge in [0, 0.05) is 32.6 Å². The lowest BCUT2D eigenvalue weighted by atomic mass is 9.94. The number of aromatic nitrogens is 2. The highest BCUT2D eigenvalue weighted by Gasteiger charge is 2.29. The zero-order valence-corrected chi connectivity index (χ0v) is 10.8. The molecule has 1 aliphatic heterocycles. The number of nitrogens with one attached hydrogen (secondary N) is 2. The van der Waals surface area contributed by atoms with E-state index in [2.05, 4.69) is 31.4 Å². The lowest BCUT2D eigenvalue weighted by Crippen LogP contribution is -2.42. The fourth-order valence-corrected chi connectivity index (χ4v) is 2.03. The van der Waals surface area contributed by atoms with Crippen LogP contribution in [0.3, 0.4) is 0 Å². The van der Waals surface area contributed by atoms with Crippen LogP contribution in [0.5, 0.6) is 0 Å². The SMILES string of the molecule is O=c1[nH]ncc(NCC2(O)CCOCC2)c1Br. The van der Waals surface area contributed by atoms with Gasteiger partial charge < -0.3 is 15.2 Å². The molecule has 0 unspecified atom stereocenters. The highest BCUT2D eigenvalue weighted by atomic mass is 79.9. The Labute approximate surface area is 107 Å². The summed E-state index contributed by atoms with van der Waals surface area (Å²) in [5, 5.41) is 19.3. The van der Waals surface area contributed by atoms with E-state index in [9.17, 15) is 9.90 Å². The molecule has 2 rings (SSSR count). The molecule has 0 spiro atoms. The van der Waals surface area contributed by atoms with E-state index in [1.807, 2.05) is 0 Å². The number of nitrogens with zero attached hydrogens (tertiary/aromatic N) is 1. The number of rotatable bonds is 3. The molecule has 0 radical (unpaired) electrons. The van der Waals surface area contributed by atoms with Gasteiger partial charge in [0.25, 0.3) is 5.56 Å². The van der Waals surface area contributed by atoms with Gasteiger partial charge in [-0.05, 0) is 15.9 Å². The molecule has 1 aromatic rings. The molecule has 1 aromatic heterocycles. The van der Waals surface area contributed by atoms with Gasteiger partial charge in [-0.25, -0.2) is 5.10 Å². The van der Waals surface area contributed by atoms with Gasteiger partial charge in [-0.15, -0.1) is 0 Å². The van der Waals surface area contributed by atoms with Crippen LogP contribution in [0.4, 0.5) is 5.69 Å². The molecule has 0 bridgehead atoms. The molecule has 94 valence electrons. The molecule has 17 heavy (non-hydrogen) atoms. The van der Waals surface area contributed by atoms with Crippen molar-refractivity contribution in [1.29, 1.82) is 0 Å². The van der Waals surface area contributed by atoms with Crippen LogP contribution in [0.1, 0.15) is 12.8 Å². The van der Waals surface area contributed by atoms with Crippen LogP contribution >= 0.6 is 15.9 Å². The minimum Gasteiger partial charge on any atom is -0.388 e. The number of hydrogen-bond acceptors (Lipinski definition) is 5. The Morgan fingerprint density at radius 2 is 2.29 bits per heavy atom. The van der Waals surface area contributed by atoms with E-state index >= 15 is 0 Å². The third kappa shape index (κ3) is 3.05. The molecular weight excluding hydrogens is 290 g/mol. The molecule has 0 atom stereocenters. The fourth-order valence-electron chi connectivity index (χ4n) is 1.69.